The summed E-state index contributed by atoms with van der Waals surface area (Å²) >= 11 is 14.6. The maximum atomic E-state index is 12.4. The summed E-state index contributed by atoms with van der Waals surface area (Å²) in [7, 11) is 0. The molecule has 2 aliphatic rings. The minimum Gasteiger partial charge on any atom is -0.350 e. The van der Waals surface area contributed by atoms with E-state index in [0.29, 0.717) is 22.5 Å². The fourth-order valence-electron chi connectivity index (χ4n) is 4.72. The Kier molecular flexibility index (Phi) is 6.33. The van der Waals surface area contributed by atoms with Crippen molar-refractivity contribution in [2.24, 2.45) is 5.92 Å². The average Bonchev–Trinajstić information content (AvgIpc) is 3.45. The Balaban J connectivity index is 1.52. The molecule has 2 aromatic heterocycles. The fourth-order valence-corrected chi connectivity index (χ4v) is 6.47. The van der Waals surface area contributed by atoms with Gasteiger partial charge in [-0.2, -0.15) is 5.10 Å². The van der Waals surface area contributed by atoms with Crippen LogP contribution in [0.2, 0.25) is 10.0 Å². The van der Waals surface area contributed by atoms with E-state index in [1.165, 1.54) is 35.4 Å². The van der Waals surface area contributed by atoms with Gasteiger partial charge in [0.15, 0.2) is 0 Å². The summed E-state index contributed by atoms with van der Waals surface area (Å²) in [6.45, 7) is 2.51. The summed E-state index contributed by atoms with van der Waals surface area (Å²) < 4.78 is 1.92. The van der Waals surface area contributed by atoms with Crippen LogP contribution in [0.1, 0.15) is 67.0 Å². The van der Waals surface area contributed by atoms with E-state index in [9.17, 15) is 4.79 Å². The van der Waals surface area contributed by atoms with Gasteiger partial charge in [0, 0.05) is 21.4 Å². The molecule has 32 heavy (non-hydrogen) atoms. The number of nitrogens with zero attached hydrogens (tertiary/aromatic N) is 2. The van der Waals surface area contributed by atoms with Crippen molar-refractivity contribution in [2.75, 3.05) is 0 Å². The monoisotopic (exact) mass is 487 g/mol. The van der Waals surface area contributed by atoms with Crippen LogP contribution in [0.25, 0.3) is 16.3 Å². The number of hydrogen-bond donors (Lipinski definition) is 1. The lowest BCUT2D eigenvalue weighted by Gasteiger charge is -2.23. The van der Waals surface area contributed by atoms with Crippen molar-refractivity contribution >= 4 is 40.4 Å². The topological polar surface area (TPSA) is 46.9 Å². The van der Waals surface area contributed by atoms with E-state index in [1.807, 2.05) is 28.2 Å². The molecule has 2 heterocycles. The number of aromatic nitrogens is 2. The summed E-state index contributed by atoms with van der Waals surface area (Å²) in [5.74, 6) is 0.968. The molecule has 2 fully saturated rings. The molecule has 0 spiro atoms. The summed E-state index contributed by atoms with van der Waals surface area (Å²) in [5.41, 5.74) is 3.78. The zero-order valence-corrected chi connectivity index (χ0v) is 20.5. The van der Waals surface area contributed by atoms with E-state index < -0.39 is 0 Å². The van der Waals surface area contributed by atoms with Crippen molar-refractivity contribution in [2.45, 2.75) is 64.3 Å². The summed E-state index contributed by atoms with van der Waals surface area (Å²) in [6, 6.07) is 9.96. The molecule has 168 valence electrons. The van der Waals surface area contributed by atoms with Crippen LogP contribution in [-0.4, -0.2) is 15.7 Å². The van der Waals surface area contributed by atoms with Gasteiger partial charge in [0.2, 0.25) is 5.91 Å². The molecule has 5 rings (SSSR count). The molecule has 0 aliphatic heterocycles. The van der Waals surface area contributed by atoms with E-state index in [1.54, 1.807) is 6.07 Å². The summed E-state index contributed by atoms with van der Waals surface area (Å²) in [5, 5.41) is 9.15. The highest BCUT2D eigenvalue weighted by Gasteiger charge is 2.27. The number of amides is 1. The van der Waals surface area contributed by atoms with Crippen LogP contribution in [0.3, 0.4) is 0 Å². The molecule has 0 bridgehead atoms. The SMILES string of the molecule is Cc1c(CNC(=O)C2CCC2)nn(-c2ccc(Cl)cc2Cl)c1-c1ccc(C2CCCC2)s1. The predicted molar refractivity (Wildman–Crippen MR) is 132 cm³/mol. The second kappa shape index (κ2) is 9.20. The largest absolute Gasteiger partial charge is 0.350 e. The minimum absolute atomic E-state index is 0.135. The maximum Gasteiger partial charge on any atom is 0.223 e. The van der Waals surface area contributed by atoms with Crippen LogP contribution in [-0.2, 0) is 11.3 Å². The third-order valence-electron chi connectivity index (χ3n) is 6.88. The number of hydrogen-bond acceptors (Lipinski definition) is 3. The number of rotatable bonds is 6. The minimum atomic E-state index is 0.135. The first-order valence-electron chi connectivity index (χ1n) is 11.4. The highest BCUT2D eigenvalue weighted by atomic mass is 35.5. The molecule has 1 amide bonds. The van der Waals surface area contributed by atoms with Gasteiger partial charge in [-0.15, -0.1) is 11.3 Å². The lowest BCUT2D eigenvalue weighted by Crippen LogP contribution is -2.34. The molecular weight excluding hydrogens is 461 g/mol. The maximum absolute atomic E-state index is 12.4. The Morgan fingerprint density at radius 1 is 1.12 bits per heavy atom. The highest BCUT2D eigenvalue weighted by molar-refractivity contribution is 7.15. The molecule has 1 N–H and O–H groups in total. The van der Waals surface area contributed by atoms with Crippen molar-refractivity contribution < 1.29 is 4.79 Å². The zero-order valence-electron chi connectivity index (χ0n) is 18.2. The molecule has 1 aromatic carbocycles. The standard InChI is InChI=1S/C25H27Cl2N3OS/c1-15-20(14-28-25(31)17-7-4-8-17)29-30(21-10-9-18(26)13-19(21)27)24(15)23-12-11-22(32-23)16-5-2-3-6-16/h9-13,16-17H,2-8,14H2,1H3,(H,28,31). The summed E-state index contributed by atoms with van der Waals surface area (Å²) in [4.78, 5) is 15.0. The van der Waals surface area contributed by atoms with Crippen LogP contribution in [0.4, 0.5) is 0 Å². The van der Waals surface area contributed by atoms with Crippen molar-refractivity contribution in [1.82, 2.24) is 15.1 Å². The molecule has 2 aliphatic carbocycles. The van der Waals surface area contributed by atoms with Crippen molar-refractivity contribution in [1.29, 1.82) is 0 Å². The lowest BCUT2D eigenvalue weighted by atomic mass is 9.85. The first kappa shape index (κ1) is 22.0. The second-order valence-corrected chi connectivity index (χ2v) is 10.9. The number of carbonyl (C=O) groups is 1. The normalized spacial score (nSPS) is 17.0. The van der Waals surface area contributed by atoms with Gasteiger partial charge in [-0.25, -0.2) is 4.68 Å². The molecule has 4 nitrogen and oxygen atoms in total. The van der Waals surface area contributed by atoms with Gasteiger partial charge < -0.3 is 5.32 Å². The Morgan fingerprint density at radius 3 is 2.59 bits per heavy atom. The van der Waals surface area contributed by atoms with Crippen molar-refractivity contribution in [3.63, 3.8) is 0 Å². The first-order valence-corrected chi connectivity index (χ1v) is 13.0. The van der Waals surface area contributed by atoms with Gasteiger partial charge >= 0.3 is 0 Å². The third-order valence-corrected chi connectivity index (χ3v) is 8.67. The predicted octanol–water partition coefficient (Wildman–Crippen LogP) is 7.29. The van der Waals surface area contributed by atoms with E-state index in [2.05, 4.69) is 24.4 Å². The number of halogens is 2. The molecule has 3 aromatic rings. The number of benzene rings is 1. The van der Waals surface area contributed by atoms with E-state index in [0.717, 1.165) is 41.9 Å². The molecule has 0 unspecified atom stereocenters. The molecular formula is C25H27Cl2N3OS. The quantitative estimate of drug-likeness (QED) is 0.396. The number of nitrogens with one attached hydrogen (secondary N) is 1. The smallest absolute Gasteiger partial charge is 0.223 e. The molecule has 0 saturated heterocycles. The molecule has 0 atom stereocenters. The van der Waals surface area contributed by atoms with Crippen LogP contribution >= 0.6 is 34.5 Å². The van der Waals surface area contributed by atoms with Gasteiger partial charge in [0.25, 0.3) is 0 Å². The van der Waals surface area contributed by atoms with E-state index in [-0.39, 0.29) is 11.8 Å². The van der Waals surface area contributed by atoms with Gasteiger partial charge in [0.1, 0.15) is 0 Å². The van der Waals surface area contributed by atoms with E-state index >= 15 is 0 Å². The lowest BCUT2D eigenvalue weighted by molar-refractivity contribution is -0.127. The third kappa shape index (κ3) is 4.23. The average molecular weight is 488 g/mol. The Morgan fingerprint density at radius 2 is 1.91 bits per heavy atom. The van der Waals surface area contributed by atoms with Crippen molar-refractivity contribution in [3.05, 3.63) is 56.5 Å². The fraction of sp³-hybridized carbons (Fsp3) is 0.440. The van der Waals surface area contributed by atoms with Crippen LogP contribution in [0.5, 0.6) is 0 Å². The van der Waals surface area contributed by atoms with Gasteiger partial charge in [0.05, 0.1) is 33.5 Å². The van der Waals surface area contributed by atoms with Gasteiger partial charge in [-0.05, 0) is 68.9 Å². The number of carbonyl (C=O) groups excluding carboxylic acids is 1. The zero-order chi connectivity index (χ0) is 22.2. The van der Waals surface area contributed by atoms with Crippen LogP contribution in [0.15, 0.2) is 30.3 Å². The molecule has 7 heteroatoms. The van der Waals surface area contributed by atoms with Crippen molar-refractivity contribution in [3.8, 4) is 16.3 Å². The highest BCUT2D eigenvalue weighted by Crippen LogP contribution is 2.42. The Labute approximate surface area is 202 Å². The molecule has 0 radical (unpaired) electrons. The van der Waals surface area contributed by atoms with Crippen LogP contribution < -0.4 is 5.32 Å². The van der Waals surface area contributed by atoms with Gasteiger partial charge in [-0.1, -0.05) is 42.5 Å². The van der Waals surface area contributed by atoms with E-state index in [4.69, 9.17) is 28.3 Å². The second-order valence-electron chi connectivity index (χ2n) is 8.96. The Hall–Kier alpha value is -1.82. The number of thiophene rings is 1. The Bertz CT molecular complexity index is 1140. The molecule has 2 saturated carbocycles. The van der Waals surface area contributed by atoms with Gasteiger partial charge in [-0.3, -0.25) is 4.79 Å². The van der Waals surface area contributed by atoms with Crippen LogP contribution in [0, 0.1) is 12.8 Å². The first-order chi connectivity index (χ1) is 15.5. The summed E-state index contributed by atoms with van der Waals surface area (Å²) in [6.07, 6.45) is 8.32.